The first kappa shape index (κ1) is 10.3. The van der Waals surface area contributed by atoms with Crippen molar-refractivity contribution in [3.63, 3.8) is 0 Å². The fraction of sp³-hybridized carbons (Fsp3) is 0.750. The van der Waals surface area contributed by atoms with Crippen LogP contribution in [-0.4, -0.2) is 17.6 Å². The minimum atomic E-state index is -0.245. The molecule has 0 spiro atoms. The van der Waals surface area contributed by atoms with E-state index in [1.165, 1.54) is 12.8 Å². The summed E-state index contributed by atoms with van der Waals surface area (Å²) < 4.78 is 11.5. The minimum Gasteiger partial charge on any atom is -0.441 e. The van der Waals surface area contributed by atoms with Gasteiger partial charge in [-0.05, 0) is 32.6 Å². The summed E-state index contributed by atoms with van der Waals surface area (Å²) in [7, 11) is 0. The molecule has 16 heavy (non-hydrogen) atoms. The van der Waals surface area contributed by atoms with Crippen LogP contribution in [-0.2, 0) is 16.9 Å². The monoisotopic (exact) mass is 222 g/mol. The van der Waals surface area contributed by atoms with E-state index in [2.05, 4.69) is 17.2 Å². The first-order valence-electron chi connectivity index (χ1n) is 6.09. The molecule has 2 heterocycles. The van der Waals surface area contributed by atoms with Crippen molar-refractivity contribution in [2.45, 2.75) is 50.8 Å². The van der Waals surface area contributed by atoms with Gasteiger partial charge < -0.3 is 14.5 Å². The highest BCUT2D eigenvalue weighted by Gasteiger charge is 2.35. The lowest BCUT2D eigenvalue weighted by Gasteiger charge is -2.19. The molecule has 1 atom stereocenters. The Hall–Kier alpha value is -0.870. The molecule has 1 aromatic rings. The summed E-state index contributed by atoms with van der Waals surface area (Å²) in [5.74, 6) is 1.65. The quantitative estimate of drug-likeness (QED) is 0.846. The van der Waals surface area contributed by atoms with Crippen molar-refractivity contribution in [2.75, 3.05) is 6.61 Å². The van der Waals surface area contributed by atoms with E-state index in [9.17, 15) is 0 Å². The molecule has 1 N–H and O–H groups in total. The Morgan fingerprint density at radius 2 is 2.44 bits per heavy atom. The predicted octanol–water partition coefficient (Wildman–Crippen LogP) is 1.95. The Bertz CT molecular complexity index is 365. The van der Waals surface area contributed by atoms with Gasteiger partial charge in [-0.3, -0.25) is 0 Å². The SMILES string of the molecule is CC1(c2cnc(CNC3CC3)o2)CCCO1. The van der Waals surface area contributed by atoms with Crippen LogP contribution in [0, 0.1) is 0 Å². The number of rotatable bonds is 4. The Labute approximate surface area is 95.4 Å². The molecule has 4 nitrogen and oxygen atoms in total. The number of hydrogen-bond donors (Lipinski definition) is 1. The second-order valence-electron chi connectivity index (χ2n) is 4.96. The summed E-state index contributed by atoms with van der Waals surface area (Å²) >= 11 is 0. The highest BCUT2D eigenvalue weighted by molar-refractivity contribution is 5.07. The van der Waals surface area contributed by atoms with Gasteiger partial charge in [0.1, 0.15) is 5.60 Å². The van der Waals surface area contributed by atoms with E-state index >= 15 is 0 Å². The van der Waals surface area contributed by atoms with Gasteiger partial charge >= 0.3 is 0 Å². The van der Waals surface area contributed by atoms with Crippen molar-refractivity contribution < 1.29 is 9.15 Å². The fourth-order valence-electron chi connectivity index (χ4n) is 2.13. The van der Waals surface area contributed by atoms with Gasteiger partial charge in [0.2, 0.25) is 5.89 Å². The van der Waals surface area contributed by atoms with E-state index in [0.717, 1.165) is 37.6 Å². The van der Waals surface area contributed by atoms with Gasteiger partial charge in [-0.1, -0.05) is 0 Å². The lowest BCUT2D eigenvalue weighted by atomic mass is 10.0. The fourth-order valence-corrected chi connectivity index (χ4v) is 2.13. The maximum Gasteiger partial charge on any atom is 0.208 e. The van der Waals surface area contributed by atoms with Crippen LogP contribution in [0.3, 0.4) is 0 Å². The van der Waals surface area contributed by atoms with Crippen molar-refractivity contribution in [3.05, 3.63) is 17.8 Å². The van der Waals surface area contributed by atoms with Gasteiger partial charge in [0.15, 0.2) is 5.76 Å². The third-order valence-corrected chi connectivity index (χ3v) is 3.41. The maximum absolute atomic E-state index is 5.75. The Morgan fingerprint density at radius 1 is 1.56 bits per heavy atom. The van der Waals surface area contributed by atoms with Crippen LogP contribution in [0.15, 0.2) is 10.6 Å². The normalized spacial score (nSPS) is 29.8. The second kappa shape index (κ2) is 3.86. The Kier molecular flexibility index (Phi) is 2.48. The van der Waals surface area contributed by atoms with E-state index in [1.54, 1.807) is 0 Å². The van der Waals surface area contributed by atoms with Gasteiger partial charge in [0, 0.05) is 12.6 Å². The van der Waals surface area contributed by atoms with Crippen molar-refractivity contribution in [3.8, 4) is 0 Å². The molecular weight excluding hydrogens is 204 g/mol. The predicted molar refractivity (Wildman–Crippen MR) is 58.9 cm³/mol. The number of oxazole rings is 1. The first-order valence-corrected chi connectivity index (χ1v) is 6.09. The highest BCUT2D eigenvalue weighted by Crippen LogP contribution is 2.35. The van der Waals surface area contributed by atoms with Gasteiger partial charge in [-0.15, -0.1) is 0 Å². The van der Waals surface area contributed by atoms with Crippen molar-refractivity contribution in [1.29, 1.82) is 0 Å². The van der Waals surface area contributed by atoms with Crippen LogP contribution < -0.4 is 5.32 Å². The topological polar surface area (TPSA) is 47.3 Å². The van der Waals surface area contributed by atoms with Crippen LogP contribution in [0.2, 0.25) is 0 Å². The zero-order valence-electron chi connectivity index (χ0n) is 9.66. The smallest absolute Gasteiger partial charge is 0.208 e. The highest BCUT2D eigenvalue weighted by atomic mass is 16.5. The van der Waals surface area contributed by atoms with Crippen LogP contribution >= 0.6 is 0 Å². The van der Waals surface area contributed by atoms with E-state index in [0.29, 0.717) is 6.04 Å². The van der Waals surface area contributed by atoms with Crippen molar-refractivity contribution in [1.82, 2.24) is 10.3 Å². The Balaban J connectivity index is 1.66. The van der Waals surface area contributed by atoms with Gasteiger partial charge in [0.25, 0.3) is 0 Å². The number of nitrogens with one attached hydrogen (secondary N) is 1. The molecule has 3 rings (SSSR count). The molecule has 1 saturated heterocycles. The zero-order valence-corrected chi connectivity index (χ0v) is 9.66. The molecule has 0 bridgehead atoms. The number of nitrogens with zero attached hydrogens (tertiary/aromatic N) is 1. The average Bonchev–Trinajstić information content (AvgIpc) is 2.79. The third kappa shape index (κ3) is 1.99. The molecular formula is C12H18N2O2. The van der Waals surface area contributed by atoms with E-state index in [1.807, 2.05) is 6.20 Å². The lowest BCUT2D eigenvalue weighted by molar-refractivity contribution is -0.00171. The summed E-state index contributed by atoms with van der Waals surface area (Å²) in [6.07, 6.45) is 6.52. The van der Waals surface area contributed by atoms with Crippen LogP contribution in [0.1, 0.15) is 44.3 Å². The van der Waals surface area contributed by atoms with E-state index in [4.69, 9.17) is 9.15 Å². The van der Waals surface area contributed by atoms with Crippen LogP contribution in [0.5, 0.6) is 0 Å². The number of aromatic nitrogens is 1. The lowest BCUT2D eigenvalue weighted by Crippen LogP contribution is -2.19. The van der Waals surface area contributed by atoms with Crippen molar-refractivity contribution in [2.24, 2.45) is 0 Å². The molecule has 1 saturated carbocycles. The maximum atomic E-state index is 5.75. The summed E-state index contributed by atoms with van der Waals surface area (Å²) in [6.45, 7) is 3.65. The van der Waals surface area contributed by atoms with Crippen LogP contribution in [0.25, 0.3) is 0 Å². The summed E-state index contributed by atoms with van der Waals surface area (Å²) in [5.41, 5.74) is -0.245. The van der Waals surface area contributed by atoms with E-state index < -0.39 is 0 Å². The minimum absolute atomic E-state index is 0.245. The van der Waals surface area contributed by atoms with Gasteiger partial charge in [-0.2, -0.15) is 0 Å². The summed E-state index contributed by atoms with van der Waals surface area (Å²) in [5, 5.41) is 3.39. The molecule has 1 aromatic heterocycles. The molecule has 88 valence electrons. The van der Waals surface area contributed by atoms with Crippen LogP contribution in [0.4, 0.5) is 0 Å². The third-order valence-electron chi connectivity index (χ3n) is 3.41. The molecule has 1 unspecified atom stereocenters. The summed E-state index contributed by atoms with van der Waals surface area (Å²) in [6, 6.07) is 0.689. The first-order chi connectivity index (χ1) is 7.76. The molecule has 1 aliphatic carbocycles. The van der Waals surface area contributed by atoms with E-state index in [-0.39, 0.29) is 5.60 Å². The number of ether oxygens (including phenoxy) is 1. The Morgan fingerprint density at radius 3 is 3.12 bits per heavy atom. The average molecular weight is 222 g/mol. The van der Waals surface area contributed by atoms with Crippen molar-refractivity contribution >= 4 is 0 Å². The molecule has 2 fully saturated rings. The summed E-state index contributed by atoms with van der Waals surface area (Å²) in [4.78, 5) is 4.30. The standard InChI is InChI=1S/C12H18N2O2/c1-12(5-2-6-15-12)10-7-14-11(16-10)8-13-9-3-4-9/h7,9,13H,2-6,8H2,1H3. The number of hydrogen-bond acceptors (Lipinski definition) is 4. The molecule has 4 heteroatoms. The van der Waals surface area contributed by atoms with Gasteiger partial charge in [0.05, 0.1) is 12.7 Å². The molecule has 2 aliphatic rings. The molecule has 1 aliphatic heterocycles. The molecule has 0 radical (unpaired) electrons. The van der Waals surface area contributed by atoms with Gasteiger partial charge in [-0.25, -0.2) is 4.98 Å². The second-order valence-corrected chi connectivity index (χ2v) is 4.96. The largest absolute Gasteiger partial charge is 0.441 e. The zero-order chi connectivity index (χ0) is 11.0. The molecule has 0 aromatic carbocycles. The molecule has 0 amide bonds.